The van der Waals surface area contributed by atoms with E-state index in [1.54, 1.807) is 0 Å². The van der Waals surface area contributed by atoms with Gasteiger partial charge in [0, 0.05) is 0 Å². The van der Waals surface area contributed by atoms with Crippen LogP contribution in [-0.2, 0) is 4.74 Å². The molecule has 0 radical (unpaired) electrons. The first-order valence-corrected chi connectivity index (χ1v) is 2.78. The Bertz CT molecular complexity index is 37.8. The molecule has 0 atom stereocenters. The maximum Gasteiger partial charge on any atom is 0.0522 e. The highest BCUT2D eigenvalue weighted by Crippen LogP contribution is 1.93. The minimum absolute atomic E-state index is 0. The van der Waals surface area contributed by atoms with Crippen molar-refractivity contribution in [1.29, 1.82) is 0 Å². The van der Waals surface area contributed by atoms with Crippen molar-refractivity contribution < 1.29 is 9.44 Å². The van der Waals surface area contributed by atoms with E-state index in [0.717, 1.165) is 0 Å². The zero-order chi connectivity index (χ0) is 5.86. The quantitative estimate of drug-likeness (QED) is 0.544. The lowest BCUT2D eigenvalue weighted by Gasteiger charge is -2.09. The third-order valence-corrected chi connectivity index (χ3v) is 0.544. The van der Waals surface area contributed by atoms with Crippen molar-refractivity contribution in [2.24, 2.45) is 0 Å². The highest BCUT2D eigenvalue weighted by Gasteiger charge is 1.94. The summed E-state index contributed by atoms with van der Waals surface area (Å²) in [7, 11) is 0. The van der Waals surface area contributed by atoms with Crippen LogP contribution >= 0.6 is 0 Å². The summed E-state index contributed by atoms with van der Waals surface area (Å²) in [5, 5.41) is 0. The van der Waals surface area contributed by atoms with Crippen LogP contribution in [0.3, 0.4) is 0 Å². The van der Waals surface area contributed by atoms with E-state index < -0.39 is 0 Å². The van der Waals surface area contributed by atoms with Crippen LogP contribution < -0.4 is 0 Å². The van der Waals surface area contributed by atoms with Gasteiger partial charge in [-0.2, -0.15) is 0 Å². The number of hydrogen-bond acceptors (Lipinski definition) is 1. The molecule has 0 N–H and O–H groups in total. The van der Waals surface area contributed by atoms with Gasteiger partial charge in [-0.1, -0.05) is 0 Å². The number of hydrogen-bond donors (Lipinski definition) is 0. The summed E-state index contributed by atoms with van der Waals surface area (Å²) < 4.78 is 5.25. The van der Waals surface area contributed by atoms with Crippen LogP contribution in [0, 0.1) is 0 Å². The summed E-state index contributed by atoms with van der Waals surface area (Å²) >= 11 is 0. The number of rotatable bonds is 2. The van der Waals surface area contributed by atoms with E-state index in [4.69, 9.17) is 4.74 Å². The van der Waals surface area contributed by atoms with Gasteiger partial charge in [0.15, 0.2) is 0 Å². The first-order chi connectivity index (χ1) is 3.13. The predicted octanol–water partition coefficient (Wildman–Crippen LogP) is 1.97. The lowest BCUT2D eigenvalue weighted by Crippen LogP contribution is -2.09. The Morgan fingerprint density at radius 1 is 0.875 bits per heavy atom. The smallest absolute Gasteiger partial charge is 0.0522 e. The lowest BCUT2D eigenvalue weighted by molar-refractivity contribution is 0.0300. The average Bonchev–Trinajstić information content (AvgIpc) is 1.27. The summed E-state index contributed by atoms with van der Waals surface area (Å²) in [5.41, 5.74) is 0. The van der Waals surface area contributed by atoms with E-state index in [2.05, 4.69) is 0 Å². The van der Waals surface area contributed by atoms with E-state index in [1.807, 2.05) is 27.7 Å². The van der Waals surface area contributed by atoms with Crippen molar-refractivity contribution >= 4 is 0 Å². The van der Waals surface area contributed by atoms with Gasteiger partial charge in [0.05, 0.1) is 12.2 Å². The summed E-state index contributed by atoms with van der Waals surface area (Å²) in [6.45, 7) is 8.17. The average molecular weight is 122 g/mol. The molecule has 0 spiro atoms. The fraction of sp³-hybridized carbons (Fsp3) is 1.00. The maximum absolute atomic E-state index is 5.25. The van der Waals surface area contributed by atoms with Crippen molar-refractivity contribution in [2.75, 3.05) is 0 Å². The second-order valence-electron chi connectivity index (χ2n) is 2.23. The first-order valence-electron chi connectivity index (χ1n) is 2.78. The van der Waals surface area contributed by atoms with Crippen molar-refractivity contribution in [3.63, 3.8) is 0 Å². The van der Waals surface area contributed by atoms with Crippen LogP contribution in [0.5, 0.6) is 0 Å². The Labute approximate surface area is 50.4 Å². The molecule has 2 heteroatoms. The Kier molecular flexibility index (Phi) is 6.80. The van der Waals surface area contributed by atoms with Gasteiger partial charge >= 0.3 is 0 Å². The molecule has 0 aromatic carbocycles. The van der Waals surface area contributed by atoms with Crippen LogP contribution in [0.1, 0.15) is 27.7 Å². The summed E-state index contributed by atoms with van der Waals surface area (Å²) in [5.74, 6) is 0. The Morgan fingerprint density at radius 2 is 1.12 bits per heavy atom. The third-order valence-electron chi connectivity index (χ3n) is 0.544. The SMILES string of the molecule is CC(C)OC(C)C.F. The Morgan fingerprint density at radius 3 is 1.12 bits per heavy atom. The molecule has 0 bridgehead atoms. The predicted molar refractivity (Wildman–Crippen MR) is 33.9 cm³/mol. The van der Waals surface area contributed by atoms with Crippen LogP contribution in [-0.4, -0.2) is 12.2 Å². The molecule has 0 aromatic rings. The standard InChI is InChI=1S/C6H14O.FH/c1-5(2)7-6(3)4;/h5-6H,1-4H3;1H. The van der Waals surface area contributed by atoms with E-state index in [0.29, 0.717) is 12.2 Å². The molecule has 0 saturated heterocycles. The minimum Gasteiger partial charge on any atom is -0.376 e. The molecule has 0 heterocycles. The molecule has 0 unspecified atom stereocenters. The van der Waals surface area contributed by atoms with Gasteiger partial charge < -0.3 is 4.74 Å². The molecule has 0 fully saturated rings. The summed E-state index contributed by atoms with van der Waals surface area (Å²) in [6.07, 6.45) is 0.750. The second kappa shape index (κ2) is 5.04. The van der Waals surface area contributed by atoms with Crippen LogP contribution in [0.15, 0.2) is 0 Å². The molecule has 8 heavy (non-hydrogen) atoms. The fourth-order valence-electron chi connectivity index (χ4n) is 0.544. The van der Waals surface area contributed by atoms with E-state index >= 15 is 0 Å². The van der Waals surface area contributed by atoms with Gasteiger partial charge in [-0.3, -0.25) is 4.70 Å². The lowest BCUT2D eigenvalue weighted by atomic mass is 10.4. The van der Waals surface area contributed by atoms with Gasteiger partial charge in [-0.25, -0.2) is 0 Å². The Hall–Kier alpha value is -0.110. The highest BCUT2D eigenvalue weighted by atomic mass is 19.0. The van der Waals surface area contributed by atoms with Crippen LogP contribution in [0.4, 0.5) is 4.70 Å². The van der Waals surface area contributed by atoms with Crippen molar-refractivity contribution in [1.82, 2.24) is 0 Å². The molecule has 52 valence electrons. The Balaban J connectivity index is 0. The van der Waals surface area contributed by atoms with Crippen molar-refractivity contribution in [3.05, 3.63) is 0 Å². The second-order valence-corrected chi connectivity index (χ2v) is 2.23. The van der Waals surface area contributed by atoms with Crippen LogP contribution in [0.2, 0.25) is 0 Å². The minimum atomic E-state index is 0. The summed E-state index contributed by atoms with van der Waals surface area (Å²) in [6, 6.07) is 0. The molecule has 0 aromatic heterocycles. The fourth-order valence-corrected chi connectivity index (χ4v) is 0.544. The molecule has 0 aliphatic heterocycles. The molecular weight excluding hydrogens is 107 g/mol. The molecule has 0 rings (SSSR count). The molecule has 1 nitrogen and oxygen atoms in total. The molecule has 0 amide bonds. The van der Waals surface area contributed by atoms with Gasteiger partial charge in [0.2, 0.25) is 0 Å². The highest BCUT2D eigenvalue weighted by molar-refractivity contribution is 4.40. The van der Waals surface area contributed by atoms with Gasteiger partial charge in [-0.15, -0.1) is 0 Å². The largest absolute Gasteiger partial charge is 0.376 e. The zero-order valence-corrected chi connectivity index (χ0v) is 5.97. The third kappa shape index (κ3) is 9.31. The van der Waals surface area contributed by atoms with Gasteiger partial charge in [0.25, 0.3) is 0 Å². The van der Waals surface area contributed by atoms with E-state index in [9.17, 15) is 0 Å². The molecule has 0 saturated carbocycles. The van der Waals surface area contributed by atoms with E-state index in [1.165, 1.54) is 0 Å². The maximum atomic E-state index is 5.25. The number of ether oxygens (including phenoxy) is 1. The monoisotopic (exact) mass is 122 g/mol. The summed E-state index contributed by atoms with van der Waals surface area (Å²) in [4.78, 5) is 0. The molecule has 0 aliphatic rings. The van der Waals surface area contributed by atoms with Crippen molar-refractivity contribution in [2.45, 2.75) is 39.9 Å². The number of halogens is 1. The topological polar surface area (TPSA) is 9.23 Å². The molecular formula is C6H15FO. The van der Waals surface area contributed by atoms with Crippen molar-refractivity contribution in [3.8, 4) is 0 Å². The first kappa shape index (κ1) is 10.8. The van der Waals surface area contributed by atoms with Crippen LogP contribution in [0.25, 0.3) is 0 Å². The normalized spacial score (nSPS) is 9.75. The zero-order valence-electron chi connectivity index (χ0n) is 5.97. The van der Waals surface area contributed by atoms with E-state index in [-0.39, 0.29) is 4.70 Å². The molecule has 0 aliphatic carbocycles. The van der Waals surface area contributed by atoms with Gasteiger partial charge in [-0.05, 0) is 27.7 Å². The van der Waals surface area contributed by atoms with Gasteiger partial charge in [0.1, 0.15) is 0 Å².